The van der Waals surface area contributed by atoms with Gasteiger partial charge in [-0.15, -0.1) is 6.58 Å². The first-order chi connectivity index (χ1) is 7.17. The third kappa shape index (κ3) is 1.89. The fourth-order valence-corrected chi connectivity index (χ4v) is 3.49. The third-order valence-electron chi connectivity index (χ3n) is 4.50. The van der Waals surface area contributed by atoms with Gasteiger partial charge in [0, 0.05) is 11.3 Å². The summed E-state index contributed by atoms with van der Waals surface area (Å²) in [6.07, 6.45) is 10.2. The first kappa shape index (κ1) is 10.9. The minimum absolute atomic E-state index is 0.0831. The van der Waals surface area contributed by atoms with E-state index in [2.05, 4.69) is 13.5 Å². The van der Waals surface area contributed by atoms with Gasteiger partial charge in [-0.2, -0.15) is 0 Å². The van der Waals surface area contributed by atoms with E-state index in [0.717, 1.165) is 19.3 Å². The van der Waals surface area contributed by atoms with Crippen molar-refractivity contribution >= 4 is 5.78 Å². The Labute approximate surface area is 92.9 Å². The molecular weight excluding hydrogens is 184 g/mol. The lowest BCUT2D eigenvalue weighted by molar-refractivity contribution is -0.139. The molecule has 0 bridgehead atoms. The van der Waals surface area contributed by atoms with Crippen LogP contribution >= 0.6 is 0 Å². The summed E-state index contributed by atoms with van der Waals surface area (Å²) in [5.41, 5.74) is -0.0831. The largest absolute Gasteiger partial charge is 0.299 e. The van der Waals surface area contributed by atoms with Gasteiger partial charge >= 0.3 is 0 Å². The minimum Gasteiger partial charge on any atom is -0.299 e. The van der Waals surface area contributed by atoms with Crippen LogP contribution in [0.5, 0.6) is 0 Å². The van der Waals surface area contributed by atoms with E-state index >= 15 is 0 Å². The summed E-state index contributed by atoms with van der Waals surface area (Å²) in [7, 11) is 0. The van der Waals surface area contributed by atoms with E-state index in [4.69, 9.17) is 0 Å². The van der Waals surface area contributed by atoms with Crippen molar-refractivity contribution < 1.29 is 4.79 Å². The van der Waals surface area contributed by atoms with Crippen LogP contribution in [0.4, 0.5) is 0 Å². The molecule has 1 nitrogen and oxygen atoms in total. The van der Waals surface area contributed by atoms with Crippen molar-refractivity contribution in [1.29, 1.82) is 0 Å². The third-order valence-corrected chi connectivity index (χ3v) is 4.50. The van der Waals surface area contributed by atoms with E-state index in [0.29, 0.717) is 17.6 Å². The number of carbonyl (C=O) groups excluding carboxylic acids is 1. The molecule has 0 aromatic rings. The quantitative estimate of drug-likeness (QED) is 0.629. The Kier molecular flexibility index (Phi) is 2.99. The van der Waals surface area contributed by atoms with Crippen LogP contribution in [-0.4, -0.2) is 5.78 Å². The number of fused-ring (bicyclic) bond motifs is 1. The molecule has 2 rings (SSSR count). The van der Waals surface area contributed by atoms with Crippen LogP contribution in [0.25, 0.3) is 0 Å². The van der Waals surface area contributed by atoms with Crippen molar-refractivity contribution in [2.24, 2.45) is 17.3 Å². The molecule has 2 saturated carbocycles. The van der Waals surface area contributed by atoms with Gasteiger partial charge in [0.15, 0.2) is 0 Å². The standard InChI is InChI=1S/C14H22O/c1-3-9-14(2)10-8-11-6-4-5-7-12(11)13(14)15/h3,11-12H,1,4-10H2,2H3/t11?,12?,14-/m1/s1. The molecule has 0 heterocycles. The van der Waals surface area contributed by atoms with Gasteiger partial charge in [-0.25, -0.2) is 0 Å². The second kappa shape index (κ2) is 4.11. The lowest BCUT2D eigenvalue weighted by Crippen LogP contribution is -2.43. The predicted molar refractivity (Wildman–Crippen MR) is 62.6 cm³/mol. The molecule has 0 saturated heterocycles. The average Bonchev–Trinajstić information content (AvgIpc) is 2.25. The Bertz CT molecular complexity index is 269. The second-order valence-corrected chi connectivity index (χ2v) is 5.61. The summed E-state index contributed by atoms with van der Waals surface area (Å²) in [6, 6.07) is 0. The maximum Gasteiger partial charge on any atom is 0.142 e. The molecular formula is C14H22O. The van der Waals surface area contributed by atoms with Gasteiger partial charge in [0.2, 0.25) is 0 Å². The molecule has 0 N–H and O–H groups in total. The molecule has 0 amide bonds. The zero-order valence-electron chi connectivity index (χ0n) is 9.80. The SMILES string of the molecule is C=CC[C@]1(C)CCC2CCCCC2C1=O. The first-order valence-corrected chi connectivity index (χ1v) is 6.32. The summed E-state index contributed by atoms with van der Waals surface area (Å²) in [4.78, 5) is 12.4. The van der Waals surface area contributed by atoms with Crippen LogP contribution in [0.2, 0.25) is 0 Å². The Balaban J connectivity index is 2.14. The van der Waals surface area contributed by atoms with Crippen LogP contribution in [0.1, 0.15) is 51.9 Å². The van der Waals surface area contributed by atoms with Crippen LogP contribution in [0.15, 0.2) is 12.7 Å². The van der Waals surface area contributed by atoms with Gasteiger partial charge < -0.3 is 0 Å². The highest BCUT2D eigenvalue weighted by Crippen LogP contribution is 2.47. The maximum absolute atomic E-state index is 12.4. The van der Waals surface area contributed by atoms with Gasteiger partial charge in [-0.1, -0.05) is 25.8 Å². The lowest BCUT2D eigenvalue weighted by atomic mass is 9.60. The Morgan fingerprint density at radius 2 is 2.13 bits per heavy atom. The summed E-state index contributed by atoms with van der Waals surface area (Å²) < 4.78 is 0. The van der Waals surface area contributed by atoms with Crippen LogP contribution in [0.3, 0.4) is 0 Å². The van der Waals surface area contributed by atoms with Crippen molar-refractivity contribution in [3.63, 3.8) is 0 Å². The average molecular weight is 206 g/mol. The minimum atomic E-state index is -0.0831. The van der Waals surface area contributed by atoms with E-state index < -0.39 is 0 Å². The summed E-state index contributed by atoms with van der Waals surface area (Å²) in [5, 5.41) is 0. The number of Topliss-reactive ketones (excluding diaryl/α,β-unsaturated/α-hetero) is 1. The number of ketones is 1. The zero-order valence-corrected chi connectivity index (χ0v) is 9.80. The van der Waals surface area contributed by atoms with Crippen molar-refractivity contribution in [3.05, 3.63) is 12.7 Å². The van der Waals surface area contributed by atoms with E-state index in [1.165, 1.54) is 25.7 Å². The fraction of sp³-hybridized carbons (Fsp3) is 0.786. The molecule has 15 heavy (non-hydrogen) atoms. The molecule has 1 heteroatoms. The number of hydrogen-bond donors (Lipinski definition) is 0. The molecule has 2 fully saturated rings. The number of hydrogen-bond acceptors (Lipinski definition) is 1. The molecule has 0 spiro atoms. The number of allylic oxidation sites excluding steroid dienone is 1. The molecule has 0 aromatic carbocycles. The lowest BCUT2D eigenvalue weighted by Gasteiger charge is -2.43. The molecule has 0 aromatic heterocycles. The summed E-state index contributed by atoms with van der Waals surface area (Å²) in [5.74, 6) is 1.64. The molecule has 2 aliphatic rings. The highest BCUT2D eigenvalue weighted by molar-refractivity contribution is 5.88. The Morgan fingerprint density at radius 3 is 2.87 bits per heavy atom. The molecule has 84 valence electrons. The van der Waals surface area contributed by atoms with Crippen molar-refractivity contribution in [1.82, 2.24) is 0 Å². The van der Waals surface area contributed by atoms with Gasteiger partial charge in [0.25, 0.3) is 0 Å². The van der Waals surface area contributed by atoms with Crippen molar-refractivity contribution in [2.45, 2.75) is 51.9 Å². The van der Waals surface area contributed by atoms with E-state index in [-0.39, 0.29) is 5.41 Å². The molecule has 0 aliphatic heterocycles. The highest BCUT2D eigenvalue weighted by atomic mass is 16.1. The predicted octanol–water partition coefficient (Wildman–Crippen LogP) is 3.74. The van der Waals surface area contributed by atoms with E-state index in [1.54, 1.807) is 0 Å². The van der Waals surface area contributed by atoms with Gasteiger partial charge in [-0.3, -0.25) is 4.79 Å². The monoisotopic (exact) mass is 206 g/mol. The van der Waals surface area contributed by atoms with Crippen molar-refractivity contribution in [3.8, 4) is 0 Å². The summed E-state index contributed by atoms with van der Waals surface area (Å²) in [6.45, 7) is 5.93. The molecule has 2 unspecified atom stereocenters. The number of rotatable bonds is 2. The number of carbonyl (C=O) groups is 1. The van der Waals surface area contributed by atoms with Gasteiger partial charge in [0.1, 0.15) is 5.78 Å². The van der Waals surface area contributed by atoms with Crippen LogP contribution in [0, 0.1) is 17.3 Å². The normalized spacial score (nSPS) is 41.0. The summed E-state index contributed by atoms with van der Waals surface area (Å²) >= 11 is 0. The smallest absolute Gasteiger partial charge is 0.142 e. The molecule has 0 radical (unpaired) electrons. The van der Waals surface area contributed by atoms with Gasteiger partial charge in [0.05, 0.1) is 0 Å². The van der Waals surface area contributed by atoms with E-state index in [9.17, 15) is 4.79 Å². The molecule has 2 aliphatic carbocycles. The second-order valence-electron chi connectivity index (χ2n) is 5.61. The van der Waals surface area contributed by atoms with Gasteiger partial charge in [-0.05, 0) is 38.0 Å². The highest BCUT2D eigenvalue weighted by Gasteiger charge is 2.45. The van der Waals surface area contributed by atoms with Crippen molar-refractivity contribution in [2.75, 3.05) is 0 Å². The fourth-order valence-electron chi connectivity index (χ4n) is 3.49. The molecule has 3 atom stereocenters. The zero-order chi connectivity index (χ0) is 10.9. The topological polar surface area (TPSA) is 17.1 Å². The van der Waals surface area contributed by atoms with E-state index in [1.807, 2.05) is 6.08 Å². The first-order valence-electron chi connectivity index (χ1n) is 6.32. The van der Waals surface area contributed by atoms with Crippen LogP contribution in [-0.2, 0) is 4.79 Å². The Morgan fingerprint density at radius 1 is 1.40 bits per heavy atom. The maximum atomic E-state index is 12.4. The van der Waals surface area contributed by atoms with Crippen LogP contribution < -0.4 is 0 Å². The Hall–Kier alpha value is -0.590.